The molecule has 2 heterocycles. The van der Waals surface area contributed by atoms with Crippen molar-refractivity contribution in [2.75, 3.05) is 7.11 Å². The molecule has 1 amide bonds. The van der Waals surface area contributed by atoms with Crippen LogP contribution < -0.4 is 5.32 Å². The van der Waals surface area contributed by atoms with Crippen molar-refractivity contribution < 1.29 is 23.3 Å². The monoisotopic (exact) mass is 487 g/mol. The predicted octanol–water partition coefficient (Wildman–Crippen LogP) is 5.12. The topological polar surface area (TPSA) is 69.9 Å². The Morgan fingerprint density at radius 2 is 1.86 bits per heavy atom. The Kier molecular flexibility index (Phi) is 5.78. The van der Waals surface area contributed by atoms with E-state index in [-0.39, 0.29) is 23.0 Å². The van der Waals surface area contributed by atoms with Gasteiger partial charge in [0, 0.05) is 12.5 Å². The number of furan rings is 1. The van der Waals surface area contributed by atoms with Crippen LogP contribution in [0.15, 0.2) is 65.3 Å². The molecule has 3 aromatic rings. The fourth-order valence-corrected chi connectivity index (χ4v) is 6.99. The molecule has 4 aliphatic rings. The number of nitrogens with one attached hydrogen (secondary N) is 1. The fourth-order valence-electron chi connectivity index (χ4n) is 6.99. The number of para-hydroxylation sites is 1. The van der Waals surface area contributed by atoms with Crippen molar-refractivity contribution >= 4 is 24.0 Å². The van der Waals surface area contributed by atoms with Crippen LogP contribution in [0.1, 0.15) is 50.8 Å². The third kappa shape index (κ3) is 3.71. The van der Waals surface area contributed by atoms with Gasteiger partial charge < -0.3 is 23.8 Å². The second-order valence-corrected chi connectivity index (χ2v) is 11.4. The van der Waals surface area contributed by atoms with E-state index in [1.807, 2.05) is 54.6 Å². The van der Waals surface area contributed by atoms with Crippen LogP contribution >= 0.6 is 0 Å². The summed E-state index contributed by atoms with van der Waals surface area (Å²) in [5.41, 5.74) is 2.54. The first-order chi connectivity index (χ1) is 17.3. The fraction of sp³-hybridized carbons (Fsp3) is 0.483. The Bertz CT molecular complexity index is 1260. The lowest BCUT2D eigenvalue weighted by Gasteiger charge is -2.64. The molecular weight excluding hydrogens is 453 g/mol. The van der Waals surface area contributed by atoms with Gasteiger partial charge in [-0.1, -0.05) is 62.4 Å². The number of hydrogen-bond donors (Lipinski definition) is 1. The largest absolute Gasteiger partial charge is 0.482 e. The SMILES string of the molecule is CO[C@@H](C(=O)N[C@@H](Cc1coc2ccccc12)B1O[C@@H]2CC3C[C@@H](C3(C)C)[C@]2(C)O1)c1ccccc1. The Labute approximate surface area is 212 Å². The standard InChI is InChI=1S/C29H34BNO5/c1-28(2)20-15-23(28)29(3)24(16-20)35-30(36-29)25(14-19-17-34-22-13-9-8-12-21(19)22)31-27(32)26(33-4)18-10-6-5-7-11-18/h5-13,17,20,23-26H,14-16H2,1-4H3,(H,31,32)/t20?,23-,24+,25-,26+,29-/m0/s1. The molecule has 0 spiro atoms. The smallest absolute Gasteiger partial charge is 0.464 e. The molecule has 1 aromatic heterocycles. The third-order valence-corrected chi connectivity index (χ3v) is 9.20. The molecule has 1 saturated heterocycles. The van der Waals surface area contributed by atoms with E-state index >= 15 is 0 Å². The van der Waals surface area contributed by atoms with Gasteiger partial charge in [0.25, 0.3) is 5.91 Å². The van der Waals surface area contributed by atoms with Crippen LogP contribution in [0.2, 0.25) is 0 Å². The molecule has 1 unspecified atom stereocenters. The molecule has 36 heavy (non-hydrogen) atoms. The summed E-state index contributed by atoms with van der Waals surface area (Å²) >= 11 is 0. The summed E-state index contributed by atoms with van der Waals surface area (Å²) in [6.07, 6.45) is 3.79. The van der Waals surface area contributed by atoms with Crippen molar-refractivity contribution in [3.05, 3.63) is 72.0 Å². The molecule has 3 saturated carbocycles. The summed E-state index contributed by atoms with van der Waals surface area (Å²) in [6, 6.07) is 17.5. The average Bonchev–Trinajstić information content (AvgIpc) is 3.45. The maximum atomic E-state index is 13.5. The van der Waals surface area contributed by atoms with Crippen LogP contribution in [-0.2, 0) is 25.3 Å². The van der Waals surface area contributed by atoms with Crippen molar-refractivity contribution in [2.24, 2.45) is 17.3 Å². The van der Waals surface area contributed by atoms with Crippen LogP contribution in [0.3, 0.4) is 0 Å². The van der Waals surface area contributed by atoms with Crippen LogP contribution in [0.4, 0.5) is 0 Å². The summed E-state index contributed by atoms with van der Waals surface area (Å²) in [7, 11) is 1.00. The molecule has 1 N–H and O–H groups in total. The maximum Gasteiger partial charge on any atom is 0.482 e. The van der Waals surface area contributed by atoms with E-state index in [9.17, 15) is 4.79 Å². The number of fused-ring (bicyclic) bond motifs is 1. The van der Waals surface area contributed by atoms with Gasteiger partial charge in [0.15, 0.2) is 6.10 Å². The van der Waals surface area contributed by atoms with Gasteiger partial charge >= 0.3 is 7.12 Å². The Morgan fingerprint density at radius 3 is 2.61 bits per heavy atom. The van der Waals surface area contributed by atoms with Crippen molar-refractivity contribution in [1.82, 2.24) is 5.32 Å². The first-order valence-electron chi connectivity index (χ1n) is 13.0. The summed E-state index contributed by atoms with van der Waals surface area (Å²) in [6.45, 7) is 6.90. The van der Waals surface area contributed by atoms with Gasteiger partial charge in [0.2, 0.25) is 0 Å². The molecule has 3 aliphatic carbocycles. The molecule has 188 valence electrons. The Balaban J connectivity index is 1.29. The molecule has 4 fully saturated rings. The van der Waals surface area contributed by atoms with Crippen LogP contribution in [0.25, 0.3) is 11.0 Å². The molecule has 0 radical (unpaired) electrons. The van der Waals surface area contributed by atoms with E-state index in [4.69, 9.17) is 18.5 Å². The molecule has 6 nitrogen and oxygen atoms in total. The normalized spacial score (nSPS) is 29.9. The molecule has 2 aromatic carbocycles. The van der Waals surface area contributed by atoms with E-state index < -0.39 is 19.2 Å². The van der Waals surface area contributed by atoms with Gasteiger partial charge in [-0.3, -0.25) is 4.79 Å². The lowest BCUT2D eigenvalue weighted by molar-refractivity contribution is -0.199. The van der Waals surface area contributed by atoms with E-state index in [1.54, 1.807) is 13.4 Å². The Morgan fingerprint density at radius 1 is 1.11 bits per heavy atom. The minimum Gasteiger partial charge on any atom is -0.464 e. The molecule has 7 heteroatoms. The summed E-state index contributed by atoms with van der Waals surface area (Å²) in [5, 5.41) is 4.27. The second kappa shape index (κ2) is 8.75. The van der Waals surface area contributed by atoms with Gasteiger partial charge in [0.1, 0.15) is 5.58 Å². The van der Waals surface area contributed by atoms with Crippen molar-refractivity contribution in [2.45, 2.75) is 63.8 Å². The lowest BCUT2D eigenvalue weighted by atomic mass is 9.43. The van der Waals surface area contributed by atoms with E-state index in [0.29, 0.717) is 18.3 Å². The number of methoxy groups -OCH3 is 1. The van der Waals surface area contributed by atoms with Gasteiger partial charge in [-0.25, -0.2) is 0 Å². The highest BCUT2D eigenvalue weighted by atomic mass is 16.7. The zero-order valence-corrected chi connectivity index (χ0v) is 21.4. The quantitative estimate of drug-likeness (QED) is 0.469. The molecule has 6 atom stereocenters. The highest BCUT2D eigenvalue weighted by molar-refractivity contribution is 6.48. The molecule has 1 aliphatic heterocycles. The second-order valence-electron chi connectivity index (χ2n) is 11.4. The van der Waals surface area contributed by atoms with Crippen molar-refractivity contribution in [1.29, 1.82) is 0 Å². The highest BCUT2D eigenvalue weighted by Gasteiger charge is 2.68. The number of rotatable bonds is 7. The van der Waals surface area contributed by atoms with Crippen molar-refractivity contribution in [3.8, 4) is 0 Å². The van der Waals surface area contributed by atoms with E-state index in [1.165, 1.54) is 6.42 Å². The van der Waals surface area contributed by atoms with E-state index in [2.05, 4.69) is 26.1 Å². The maximum absolute atomic E-state index is 13.5. The average molecular weight is 487 g/mol. The van der Waals surface area contributed by atoms with E-state index in [0.717, 1.165) is 28.5 Å². The van der Waals surface area contributed by atoms with Gasteiger partial charge in [-0.15, -0.1) is 0 Å². The first-order valence-corrected chi connectivity index (χ1v) is 13.0. The molecular formula is C29H34BNO5. The highest BCUT2D eigenvalue weighted by Crippen LogP contribution is 2.65. The summed E-state index contributed by atoms with van der Waals surface area (Å²) in [4.78, 5) is 13.5. The summed E-state index contributed by atoms with van der Waals surface area (Å²) in [5.74, 6) is 0.492. The van der Waals surface area contributed by atoms with Gasteiger partial charge in [-0.05, 0) is 60.6 Å². The number of benzene rings is 2. The summed E-state index contributed by atoms with van der Waals surface area (Å²) < 4.78 is 24.8. The molecule has 7 rings (SSSR count). The lowest BCUT2D eigenvalue weighted by Crippen LogP contribution is -2.65. The molecule has 2 bridgehead atoms. The minimum atomic E-state index is -0.721. The number of amides is 1. The number of carbonyl (C=O) groups is 1. The number of ether oxygens (including phenoxy) is 1. The third-order valence-electron chi connectivity index (χ3n) is 9.20. The minimum absolute atomic E-state index is 0.0344. The zero-order valence-electron chi connectivity index (χ0n) is 21.4. The van der Waals surface area contributed by atoms with Crippen molar-refractivity contribution in [3.63, 3.8) is 0 Å². The van der Waals surface area contributed by atoms with Gasteiger partial charge in [-0.2, -0.15) is 0 Å². The van der Waals surface area contributed by atoms with Crippen LogP contribution in [0, 0.1) is 17.3 Å². The van der Waals surface area contributed by atoms with Crippen LogP contribution in [-0.4, -0.2) is 37.8 Å². The zero-order chi connectivity index (χ0) is 25.1. The van der Waals surface area contributed by atoms with Crippen LogP contribution in [0.5, 0.6) is 0 Å². The Hall–Kier alpha value is -2.61. The number of hydrogen-bond acceptors (Lipinski definition) is 5. The predicted molar refractivity (Wildman–Crippen MR) is 138 cm³/mol. The van der Waals surface area contributed by atoms with Gasteiger partial charge in [0.05, 0.1) is 23.9 Å². The number of carbonyl (C=O) groups excluding carboxylic acids is 1. The first kappa shape index (κ1) is 23.8.